The molecule has 0 heterocycles. The number of carbonyl (C=O) groups excluding carboxylic acids is 2. The molecular weight excluding hydrogens is 398 g/mol. The first kappa shape index (κ1) is 20.0. The van der Waals surface area contributed by atoms with Gasteiger partial charge in [0.1, 0.15) is 5.75 Å². The number of benzene rings is 2. The summed E-state index contributed by atoms with van der Waals surface area (Å²) in [5.74, 6) is -0.454. The molecule has 0 unspecified atom stereocenters. The molecule has 0 saturated carbocycles. The largest absolute Gasteiger partial charge is 0.481 e. The Labute approximate surface area is 161 Å². The van der Waals surface area contributed by atoms with Gasteiger partial charge in [-0.2, -0.15) is 0 Å². The van der Waals surface area contributed by atoms with Gasteiger partial charge in [-0.3, -0.25) is 4.79 Å². The van der Waals surface area contributed by atoms with E-state index in [2.05, 4.69) is 21.2 Å². The smallest absolute Gasteiger partial charge is 0.344 e. The van der Waals surface area contributed by atoms with Crippen LogP contribution in [0.4, 0.5) is 5.69 Å². The number of hydrogen-bond donors (Lipinski definition) is 1. The summed E-state index contributed by atoms with van der Waals surface area (Å²) in [6.45, 7) is 7.06. The number of rotatable bonds is 6. The number of halogens is 1. The molecule has 1 amide bonds. The lowest BCUT2D eigenvalue weighted by molar-refractivity contribution is -0.155. The normalized spacial score (nSPS) is 11.6. The van der Waals surface area contributed by atoms with Crippen LogP contribution in [-0.2, 0) is 14.3 Å². The van der Waals surface area contributed by atoms with E-state index in [-0.39, 0.29) is 12.5 Å². The molecule has 0 aromatic heterocycles. The van der Waals surface area contributed by atoms with Crippen LogP contribution in [0.3, 0.4) is 0 Å². The Balaban J connectivity index is 1.87. The molecule has 6 heteroatoms. The maximum atomic E-state index is 12.2. The van der Waals surface area contributed by atoms with E-state index in [4.69, 9.17) is 9.47 Å². The first-order chi connectivity index (χ1) is 12.3. The lowest BCUT2D eigenvalue weighted by Crippen LogP contribution is -2.31. The number of aryl methyl sites for hydroxylation is 3. The van der Waals surface area contributed by atoms with Gasteiger partial charge in [0, 0.05) is 5.69 Å². The molecule has 1 atom stereocenters. The van der Waals surface area contributed by atoms with Crippen molar-refractivity contribution in [1.82, 2.24) is 0 Å². The molecule has 0 aliphatic carbocycles. The van der Waals surface area contributed by atoms with Gasteiger partial charge in [-0.05, 0) is 78.5 Å². The zero-order valence-corrected chi connectivity index (χ0v) is 16.8. The Kier molecular flexibility index (Phi) is 6.80. The second kappa shape index (κ2) is 8.85. The van der Waals surface area contributed by atoms with Crippen molar-refractivity contribution in [2.75, 3.05) is 11.9 Å². The second-order valence-corrected chi connectivity index (χ2v) is 7.02. The highest BCUT2D eigenvalue weighted by molar-refractivity contribution is 9.10. The fraction of sp³-hybridized carbons (Fsp3) is 0.300. The summed E-state index contributed by atoms with van der Waals surface area (Å²) < 4.78 is 11.3. The van der Waals surface area contributed by atoms with E-state index < -0.39 is 12.1 Å². The third kappa shape index (κ3) is 5.59. The Morgan fingerprint density at radius 2 is 1.73 bits per heavy atom. The Morgan fingerprint density at radius 3 is 2.42 bits per heavy atom. The van der Waals surface area contributed by atoms with Gasteiger partial charge in [-0.25, -0.2) is 4.79 Å². The van der Waals surface area contributed by atoms with Gasteiger partial charge in [0.2, 0.25) is 0 Å². The van der Waals surface area contributed by atoms with E-state index in [1.807, 2.05) is 51.1 Å². The molecule has 2 rings (SSSR count). The van der Waals surface area contributed by atoms with Crippen molar-refractivity contribution in [2.24, 2.45) is 0 Å². The molecule has 0 aliphatic heterocycles. The van der Waals surface area contributed by atoms with E-state index in [9.17, 15) is 9.59 Å². The fourth-order valence-corrected chi connectivity index (χ4v) is 2.86. The molecule has 1 N–H and O–H groups in total. The monoisotopic (exact) mass is 419 g/mol. The van der Waals surface area contributed by atoms with Gasteiger partial charge in [0.15, 0.2) is 12.7 Å². The number of ether oxygens (including phenoxy) is 2. The molecule has 0 radical (unpaired) electrons. The summed E-state index contributed by atoms with van der Waals surface area (Å²) >= 11 is 3.38. The Hall–Kier alpha value is -2.34. The first-order valence-electron chi connectivity index (χ1n) is 8.23. The third-order valence-electron chi connectivity index (χ3n) is 3.76. The number of amides is 1. The van der Waals surface area contributed by atoms with Crippen LogP contribution in [0.5, 0.6) is 5.75 Å². The van der Waals surface area contributed by atoms with Crippen LogP contribution in [0.25, 0.3) is 0 Å². The van der Waals surface area contributed by atoms with Crippen molar-refractivity contribution in [2.45, 2.75) is 33.8 Å². The van der Waals surface area contributed by atoms with Gasteiger partial charge in [0.25, 0.3) is 5.91 Å². The number of hydrogen-bond acceptors (Lipinski definition) is 4. The molecule has 0 spiro atoms. The van der Waals surface area contributed by atoms with E-state index in [0.29, 0.717) is 11.4 Å². The lowest BCUT2D eigenvalue weighted by Gasteiger charge is -2.15. The molecule has 0 fully saturated rings. The summed E-state index contributed by atoms with van der Waals surface area (Å²) in [5.41, 5.74) is 3.75. The summed E-state index contributed by atoms with van der Waals surface area (Å²) in [6.07, 6.45) is -0.924. The van der Waals surface area contributed by atoms with Gasteiger partial charge >= 0.3 is 5.97 Å². The maximum Gasteiger partial charge on any atom is 0.344 e. The summed E-state index contributed by atoms with van der Waals surface area (Å²) in [4.78, 5) is 24.2. The van der Waals surface area contributed by atoms with Gasteiger partial charge in [0.05, 0.1) is 4.47 Å². The molecule has 0 aliphatic rings. The van der Waals surface area contributed by atoms with Crippen LogP contribution in [0, 0.1) is 20.8 Å². The van der Waals surface area contributed by atoms with Gasteiger partial charge < -0.3 is 14.8 Å². The topological polar surface area (TPSA) is 64.6 Å². The minimum atomic E-state index is -0.924. The van der Waals surface area contributed by atoms with Crippen molar-refractivity contribution in [3.8, 4) is 5.75 Å². The highest BCUT2D eigenvalue weighted by Crippen LogP contribution is 2.25. The summed E-state index contributed by atoms with van der Waals surface area (Å²) in [7, 11) is 0. The van der Waals surface area contributed by atoms with Crippen LogP contribution in [0.1, 0.15) is 23.6 Å². The average Bonchev–Trinajstić information content (AvgIpc) is 2.57. The van der Waals surface area contributed by atoms with Crippen molar-refractivity contribution in [3.63, 3.8) is 0 Å². The quantitative estimate of drug-likeness (QED) is 0.707. The average molecular weight is 420 g/mol. The Morgan fingerprint density at radius 1 is 1.08 bits per heavy atom. The second-order valence-electron chi connectivity index (χ2n) is 6.16. The van der Waals surface area contributed by atoms with Crippen molar-refractivity contribution >= 4 is 33.5 Å². The standard InChI is InChI=1S/C20H22BrNO4/c1-12-6-8-18(16(21)9-12)25-11-19(23)26-15(4)20(24)22-17-10-13(2)5-7-14(17)3/h5-10,15H,11H2,1-4H3,(H,22,24)/t15-/m0/s1. The highest BCUT2D eigenvalue weighted by Gasteiger charge is 2.19. The lowest BCUT2D eigenvalue weighted by atomic mass is 10.1. The van der Waals surface area contributed by atoms with Gasteiger partial charge in [-0.15, -0.1) is 0 Å². The Bertz CT molecular complexity index is 819. The molecule has 26 heavy (non-hydrogen) atoms. The third-order valence-corrected chi connectivity index (χ3v) is 4.38. The van der Waals surface area contributed by atoms with Crippen LogP contribution in [0.15, 0.2) is 40.9 Å². The number of carbonyl (C=O) groups is 2. The van der Waals surface area contributed by atoms with Crippen molar-refractivity contribution in [1.29, 1.82) is 0 Å². The van der Waals surface area contributed by atoms with Crippen molar-refractivity contribution < 1.29 is 19.1 Å². The van der Waals surface area contributed by atoms with E-state index in [1.165, 1.54) is 6.92 Å². The predicted octanol–water partition coefficient (Wildman–Crippen LogP) is 4.32. The molecule has 2 aromatic carbocycles. The minimum absolute atomic E-state index is 0.275. The minimum Gasteiger partial charge on any atom is -0.481 e. The van der Waals surface area contributed by atoms with Crippen LogP contribution >= 0.6 is 15.9 Å². The van der Waals surface area contributed by atoms with E-state index in [1.54, 1.807) is 6.07 Å². The maximum absolute atomic E-state index is 12.2. The highest BCUT2D eigenvalue weighted by atomic mass is 79.9. The van der Waals surface area contributed by atoms with Crippen LogP contribution < -0.4 is 10.1 Å². The fourth-order valence-electron chi connectivity index (χ4n) is 2.25. The van der Waals surface area contributed by atoms with E-state index >= 15 is 0 Å². The number of anilines is 1. The van der Waals surface area contributed by atoms with Crippen LogP contribution in [0.2, 0.25) is 0 Å². The van der Waals surface area contributed by atoms with Crippen molar-refractivity contribution in [3.05, 3.63) is 57.6 Å². The van der Waals surface area contributed by atoms with E-state index in [0.717, 1.165) is 21.2 Å². The molecule has 5 nitrogen and oxygen atoms in total. The van der Waals surface area contributed by atoms with Gasteiger partial charge in [-0.1, -0.05) is 18.2 Å². The predicted molar refractivity (Wildman–Crippen MR) is 104 cm³/mol. The number of nitrogens with one attached hydrogen (secondary N) is 1. The number of esters is 1. The summed E-state index contributed by atoms with van der Waals surface area (Å²) in [6, 6.07) is 11.3. The zero-order valence-electron chi connectivity index (χ0n) is 15.3. The first-order valence-corrected chi connectivity index (χ1v) is 9.02. The molecule has 0 saturated heterocycles. The molecule has 138 valence electrons. The SMILES string of the molecule is Cc1ccc(OCC(=O)O[C@@H](C)C(=O)Nc2cc(C)ccc2C)c(Br)c1. The molecular formula is C20H22BrNO4. The molecule has 0 bridgehead atoms. The molecule has 2 aromatic rings. The zero-order chi connectivity index (χ0) is 19.3. The summed E-state index contributed by atoms with van der Waals surface area (Å²) in [5, 5.41) is 2.78. The van der Waals surface area contributed by atoms with Crippen LogP contribution in [-0.4, -0.2) is 24.6 Å².